The summed E-state index contributed by atoms with van der Waals surface area (Å²) in [4.78, 5) is 19.4. The van der Waals surface area contributed by atoms with Gasteiger partial charge >= 0.3 is 0 Å². The summed E-state index contributed by atoms with van der Waals surface area (Å²) in [7, 11) is 0. The van der Waals surface area contributed by atoms with Crippen molar-refractivity contribution in [2.45, 2.75) is 33.2 Å². The molecule has 0 aromatic heterocycles. The quantitative estimate of drug-likeness (QED) is 0.831. The average Bonchev–Trinajstić information content (AvgIpc) is 3.11. The van der Waals surface area contributed by atoms with Crippen LogP contribution in [0, 0.1) is 5.92 Å². The Kier molecular flexibility index (Phi) is 5.90. The fourth-order valence-electron chi connectivity index (χ4n) is 3.76. The van der Waals surface area contributed by atoms with Crippen molar-refractivity contribution in [1.29, 1.82) is 0 Å². The fraction of sp³-hybridized carbons (Fsp3) is 0.650. The molecule has 0 saturated carbocycles. The van der Waals surface area contributed by atoms with E-state index in [9.17, 15) is 4.79 Å². The van der Waals surface area contributed by atoms with Crippen molar-refractivity contribution in [3.8, 4) is 0 Å². The van der Waals surface area contributed by atoms with Gasteiger partial charge in [0, 0.05) is 57.9 Å². The van der Waals surface area contributed by atoms with Crippen LogP contribution in [0.3, 0.4) is 0 Å². The zero-order valence-electron chi connectivity index (χ0n) is 15.2. The molecular weight excluding hydrogens is 298 g/mol. The van der Waals surface area contributed by atoms with Crippen LogP contribution in [-0.4, -0.2) is 66.4 Å². The molecule has 2 fully saturated rings. The molecule has 24 heavy (non-hydrogen) atoms. The van der Waals surface area contributed by atoms with Gasteiger partial charge in [0.05, 0.1) is 0 Å². The lowest BCUT2D eigenvalue weighted by atomic mass is 10.1. The molecule has 0 atom stereocenters. The lowest BCUT2D eigenvalue weighted by molar-refractivity contribution is 0.0792. The van der Waals surface area contributed by atoms with Gasteiger partial charge in [-0.1, -0.05) is 26.0 Å². The summed E-state index contributed by atoms with van der Waals surface area (Å²) >= 11 is 0. The van der Waals surface area contributed by atoms with Gasteiger partial charge in [-0.25, -0.2) is 0 Å². The number of benzene rings is 1. The molecule has 0 aliphatic carbocycles. The number of nitrogens with zero attached hydrogens (tertiary/aromatic N) is 3. The summed E-state index contributed by atoms with van der Waals surface area (Å²) in [5, 5.41) is 0. The van der Waals surface area contributed by atoms with Gasteiger partial charge in [-0.2, -0.15) is 0 Å². The highest BCUT2D eigenvalue weighted by atomic mass is 16.2. The zero-order chi connectivity index (χ0) is 16.9. The van der Waals surface area contributed by atoms with Gasteiger partial charge in [0.1, 0.15) is 0 Å². The number of carbonyl (C=O) groups is 1. The summed E-state index contributed by atoms with van der Waals surface area (Å²) in [6.45, 7) is 13.2. The Morgan fingerprint density at radius 3 is 2.08 bits per heavy atom. The normalized spacial score (nSPS) is 20.0. The molecule has 0 radical (unpaired) electrons. The molecule has 3 rings (SSSR count). The van der Waals surface area contributed by atoms with Gasteiger partial charge in [0.25, 0.3) is 5.91 Å². The number of amides is 1. The van der Waals surface area contributed by atoms with Crippen LogP contribution in [0.15, 0.2) is 24.3 Å². The van der Waals surface area contributed by atoms with Crippen LogP contribution in [0.2, 0.25) is 0 Å². The summed E-state index contributed by atoms with van der Waals surface area (Å²) < 4.78 is 0. The standard InChI is InChI=1S/C20H31N3O/c1-17(2)15-21-11-13-22(14-12-21)16-18-5-7-19(8-6-18)20(24)23-9-3-4-10-23/h5-8,17H,3-4,9-16H2,1-2H3. The number of rotatable bonds is 5. The number of piperazine rings is 1. The number of hydrogen-bond donors (Lipinski definition) is 0. The van der Waals surface area contributed by atoms with E-state index >= 15 is 0 Å². The van der Waals surface area contributed by atoms with Crippen LogP contribution in [0.5, 0.6) is 0 Å². The second-order valence-corrected chi connectivity index (χ2v) is 7.67. The molecule has 0 bridgehead atoms. The molecule has 2 aliphatic rings. The van der Waals surface area contributed by atoms with Crippen molar-refractivity contribution in [2.24, 2.45) is 5.92 Å². The molecule has 2 aliphatic heterocycles. The maximum atomic E-state index is 12.4. The minimum Gasteiger partial charge on any atom is -0.339 e. The predicted octanol–water partition coefficient (Wildman–Crippen LogP) is 2.70. The summed E-state index contributed by atoms with van der Waals surface area (Å²) in [5.74, 6) is 0.943. The maximum Gasteiger partial charge on any atom is 0.253 e. The lowest BCUT2D eigenvalue weighted by Crippen LogP contribution is -2.46. The molecule has 0 N–H and O–H groups in total. The first-order valence-corrected chi connectivity index (χ1v) is 9.45. The Morgan fingerprint density at radius 2 is 1.50 bits per heavy atom. The molecule has 0 unspecified atom stereocenters. The van der Waals surface area contributed by atoms with Gasteiger partial charge in [-0.3, -0.25) is 9.69 Å². The lowest BCUT2D eigenvalue weighted by Gasteiger charge is -2.35. The highest BCUT2D eigenvalue weighted by Gasteiger charge is 2.20. The van der Waals surface area contributed by atoms with Crippen molar-refractivity contribution in [3.63, 3.8) is 0 Å². The van der Waals surface area contributed by atoms with Gasteiger partial charge in [0.15, 0.2) is 0 Å². The molecule has 1 aromatic carbocycles. The van der Waals surface area contributed by atoms with E-state index in [1.54, 1.807) is 0 Å². The van der Waals surface area contributed by atoms with Crippen molar-refractivity contribution in [2.75, 3.05) is 45.8 Å². The average molecular weight is 329 g/mol. The van der Waals surface area contributed by atoms with E-state index in [1.165, 1.54) is 25.2 Å². The van der Waals surface area contributed by atoms with Gasteiger partial charge in [0.2, 0.25) is 0 Å². The molecule has 1 amide bonds. The second kappa shape index (κ2) is 8.13. The first kappa shape index (κ1) is 17.4. The van der Waals surface area contributed by atoms with E-state index in [2.05, 4.69) is 35.8 Å². The molecule has 2 saturated heterocycles. The fourth-order valence-corrected chi connectivity index (χ4v) is 3.76. The highest BCUT2D eigenvalue weighted by molar-refractivity contribution is 5.94. The van der Waals surface area contributed by atoms with Crippen LogP contribution in [0.25, 0.3) is 0 Å². The first-order chi connectivity index (χ1) is 11.6. The molecule has 132 valence electrons. The van der Waals surface area contributed by atoms with Crippen LogP contribution >= 0.6 is 0 Å². The summed E-state index contributed by atoms with van der Waals surface area (Å²) in [5.41, 5.74) is 2.15. The van der Waals surface area contributed by atoms with Crippen molar-refractivity contribution >= 4 is 5.91 Å². The molecule has 1 aromatic rings. The largest absolute Gasteiger partial charge is 0.339 e. The van der Waals surface area contributed by atoms with Crippen molar-refractivity contribution in [1.82, 2.24) is 14.7 Å². The van der Waals surface area contributed by atoms with E-state index in [0.717, 1.165) is 57.0 Å². The zero-order valence-corrected chi connectivity index (χ0v) is 15.2. The first-order valence-electron chi connectivity index (χ1n) is 9.45. The third kappa shape index (κ3) is 4.58. The van der Waals surface area contributed by atoms with E-state index in [4.69, 9.17) is 0 Å². The molecular formula is C20H31N3O. The summed E-state index contributed by atoms with van der Waals surface area (Å²) in [6, 6.07) is 8.27. The van der Waals surface area contributed by atoms with Gasteiger partial charge < -0.3 is 9.80 Å². The predicted molar refractivity (Wildman–Crippen MR) is 98.1 cm³/mol. The van der Waals surface area contributed by atoms with E-state index in [1.807, 2.05) is 17.0 Å². The van der Waals surface area contributed by atoms with Crippen molar-refractivity contribution < 1.29 is 4.79 Å². The van der Waals surface area contributed by atoms with Gasteiger partial charge in [-0.15, -0.1) is 0 Å². The SMILES string of the molecule is CC(C)CN1CCN(Cc2ccc(C(=O)N3CCCC3)cc2)CC1. The second-order valence-electron chi connectivity index (χ2n) is 7.67. The maximum absolute atomic E-state index is 12.4. The minimum atomic E-state index is 0.196. The van der Waals surface area contributed by atoms with Crippen molar-refractivity contribution in [3.05, 3.63) is 35.4 Å². The smallest absolute Gasteiger partial charge is 0.253 e. The third-order valence-corrected chi connectivity index (χ3v) is 5.09. The van der Waals surface area contributed by atoms with Crippen LogP contribution in [0.4, 0.5) is 0 Å². The summed E-state index contributed by atoms with van der Waals surface area (Å²) in [6.07, 6.45) is 2.29. The van der Waals surface area contributed by atoms with Crippen LogP contribution in [0.1, 0.15) is 42.6 Å². The van der Waals surface area contributed by atoms with Gasteiger partial charge in [-0.05, 0) is 36.5 Å². The Hall–Kier alpha value is -1.39. The third-order valence-electron chi connectivity index (χ3n) is 5.09. The van der Waals surface area contributed by atoms with E-state index in [-0.39, 0.29) is 5.91 Å². The van der Waals surface area contributed by atoms with E-state index in [0.29, 0.717) is 0 Å². The van der Waals surface area contributed by atoms with E-state index < -0.39 is 0 Å². The number of hydrogen-bond acceptors (Lipinski definition) is 3. The van der Waals surface area contributed by atoms with Crippen LogP contribution in [-0.2, 0) is 6.54 Å². The Labute approximate surface area is 146 Å². The minimum absolute atomic E-state index is 0.196. The van der Waals surface area contributed by atoms with Crippen LogP contribution < -0.4 is 0 Å². The molecule has 0 spiro atoms. The Morgan fingerprint density at radius 1 is 0.917 bits per heavy atom. The topological polar surface area (TPSA) is 26.8 Å². The molecule has 2 heterocycles. The highest BCUT2D eigenvalue weighted by Crippen LogP contribution is 2.15. The number of likely N-dealkylation sites (tertiary alicyclic amines) is 1. The number of carbonyl (C=O) groups excluding carboxylic acids is 1. The Bertz CT molecular complexity index is 526. The molecule has 4 heteroatoms. The monoisotopic (exact) mass is 329 g/mol. The molecule has 4 nitrogen and oxygen atoms in total. The Balaban J connectivity index is 1.49.